The summed E-state index contributed by atoms with van der Waals surface area (Å²) in [6, 6.07) is 1.68. The molecule has 1 heterocycles. The van der Waals surface area contributed by atoms with Crippen molar-refractivity contribution in [3.05, 3.63) is 0 Å². The number of hydrogen-bond donors (Lipinski definition) is 1. The minimum absolute atomic E-state index is 0.830. The largest absolute Gasteiger partial charge is 0.313 e. The van der Waals surface area contributed by atoms with Crippen molar-refractivity contribution in [3.8, 4) is 0 Å². The molecule has 1 atom stereocenters. The molecule has 1 N–H and O–H groups in total. The lowest BCUT2D eigenvalue weighted by Crippen LogP contribution is -2.39. The summed E-state index contributed by atoms with van der Waals surface area (Å²) in [6.07, 6.45) is 7.08. The standard InChI is InChI=1S/C12H24N2S/c1-14(12-6-9-15-10-12)8-7-13-11-4-2-3-5-11/h11-13H,2-10H2,1H3. The molecule has 3 heteroatoms. The van der Waals surface area contributed by atoms with Gasteiger partial charge >= 0.3 is 0 Å². The van der Waals surface area contributed by atoms with Gasteiger partial charge in [0, 0.05) is 30.9 Å². The van der Waals surface area contributed by atoms with Crippen molar-refractivity contribution in [1.29, 1.82) is 0 Å². The first-order valence-corrected chi connectivity index (χ1v) is 7.53. The fourth-order valence-corrected chi connectivity index (χ4v) is 3.93. The van der Waals surface area contributed by atoms with E-state index in [4.69, 9.17) is 0 Å². The van der Waals surface area contributed by atoms with E-state index in [2.05, 4.69) is 29.0 Å². The van der Waals surface area contributed by atoms with E-state index in [1.54, 1.807) is 0 Å². The number of rotatable bonds is 5. The van der Waals surface area contributed by atoms with Crippen molar-refractivity contribution in [2.45, 2.75) is 44.2 Å². The summed E-state index contributed by atoms with van der Waals surface area (Å²) in [5.41, 5.74) is 0. The van der Waals surface area contributed by atoms with E-state index < -0.39 is 0 Å². The number of hydrogen-bond acceptors (Lipinski definition) is 3. The summed E-state index contributed by atoms with van der Waals surface area (Å²) in [5, 5.41) is 3.69. The highest BCUT2D eigenvalue weighted by atomic mass is 32.2. The second-order valence-corrected chi connectivity index (χ2v) is 6.08. The zero-order chi connectivity index (χ0) is 10.5. The molecule has 2 nitrogen and oxygen atoms in total. The van der Waals surface area contributed by atoms with Crippen LogP contribution in [0.25, 0.3) is 0 Å². The van der Waals surface area contributed by atoms with Gasteiger partial charge in [-0.2, -0.15) is 11.8 Å². The van der Waals surface area contributed by atoms with Gasteiger partial charge in [-0.1, -0.05) is 12.8 Å². The highest BCUT2D eigenvalue weighted by molar-refractivity contribution is 7.99. The first-order valence-electron chi connectivity index (χ1n) is 6.37. The molecule has 0 spiro atoms. The van der Waals surface area contributed by atoms with Crippen LogP contribution in [0.2, 0.25) is 0 Å². The predicted molar refractivity (Wildman–Crippen MR) is 68.6 cm³/mol. The van der Waals surface area contributed by atoms with Gasteiger partial charge in [0.05, 0.1) is 0 Å². The fourth-order valence-electron chi connectivity index (χ4n) is 2.63. The van der Waals surface area contributed by atoms with Crippen molar-refractivity contribution in [3.63, 3.8) is 0 Å². The first kappa shape index (κ1) is 11.7. The molecule has 0 aromatic carbocycles. The second-order valence-electron chi connectivity index (χ2n) is 4.93. The Morgan fingerprint density at radius 2 is 2.07 bits per heavy atom. The highest BCUT2D eigenvalue weighted by Crippen LogP contribution is 2.21. The molecule has 1 unspecified atom stereocenters. The summed E-state index contributed by atoms with van der Waals surface area (Å²) >= 11 is 2.11. The Bertz CT molecular complexity index is 174. The fraction of sp³-hybridized carbons (Fsp3) is 1.00. The molecule has 0 amide bonds. The van der Waals surface area contributed by atoms with Crippen LogP contribution in [0.15, 0.2) is 0 Å². The third-order valence-electron chi connectivity index (χ3n) is 3.78. The smallest absolute Gasteiger partial charge is 0.0191 e. The Labute approximate surface area is 98.2 Å². The molecule has 2 fully saturated rings. The van der Waals surface area contributed by atoms with E-state index in [1.165, 1.54) is 56.7 Å². The Balaban J connectivity index is 1.56. The van der Waals surface area contributed by atoms with Crippen LogP contribution in [0.5, 0.6) is 0 Å². The van der Waals surface area contributed by atoms with E-state index in [1.807, 2.05) is 0 Å². The van der Waals surface area contributed by atoms with Gasteiger partial charge in [0.2, 0.25) is 0 Å². The molecule has 0 aromatic rings. The van der Waals surface area contributed by atoms with Crippen LogP contribution in [0.3, 0.4) is 0 Å². The lowest BCUT2D eigenvalue weighted by atomic mass is 10.2. The number of nitrogens with one attached hydrogen (secondary N) is 1. The molecule has 0 bridgehead atoms. The molecule has 1 aliphatic heterocycles. The molecular formula is C12H24N2S. The topological polar surface area (TPSA) is 15.3 Å². The van der Waals surface area contributed by atoms with Crippen molar-refractivity contribution >= 4 is 11.8 Å². The molecule has 2 rings (SSSR count). The van der Waals surface area contributed by atoms with Gasteiger partial charge in [-0.05, 0) is 32.1 Å². The lowest BCUT2D eigenvalue weighted by Gasteiger charge is -2.24. The molecule has 0 radical (unpaired) electrons. The van der Waals surface area contributed by atoms with Crippen LogP contribution < -0.4 is 5.32 Å². The highest BCUT2D eigenvalue weighted by Gasteiger charge is 2.20. The van der Waals surface area contributed by atoms with Gasteiger partial charge in [0.1, 0.15) is 0 Å². The quantitative estimate of drug-likeness (QED) is 0.774. The summed E-state index contributed by atoms with van der Waals surface area (Å²) in [5.74, 6) is 2.71. The van der Waals surface area contributed by atoms with Crippen molar-refractivity contribution < 1.29 is 0 Å². The molecule has 0 aromatic heterocycles. The number of nitrogens with zero attached hydrogens (tertiary/aromatic N) is 1. The zero-order valence-corrected chi connectivity index (χ0v) is 10.7. The van der Waals surface area contributed by atoms with Crippen LogP contribution in [0, 0.1) is 0 Å². The van der Waals surface area contributed by atoms with E-state index in [-0.39, 0.29) is 0 Å². The van der Waals surface area contributed by atoms with Gasteiger partial charge in [-0.3, -0.25) is 0 Å². The Hall–Kier alpha value is 0.270. The monoisotopic (exact) mass is 228 g/mol. The normalized spacial score (nSPS) is 28.0. The van der Waals surface area contributed by atoms with Crippen molar-refractivity contribution in [2.75, 3.05) is 31.6 Å². The molecule has 88 valence electrons. The summed E-state index contributed by atoms with van der Waals surface area (Å²) in [6.45, 7) is 2.41. The van der Waals surface area contributed by atoms with Gasteiger partial charge < -0.3 is 10.2 Å². The predicted octanol–water partition coefficient (Wildman–Crippen LogP) is 1.96. The third-order valence-corrected chi connectivity index (χ3v) is 4.93. The van der Waals surface area contributed by atoms with Crippen LogP contribution in [-0.2, 0) is 0 Å². The minimum atomic E-state index is 0.830. The SMILES string of the molecule is CN(CCNC1CCCC1)C1CCSC1. The molecule has 1 saturated heterocycles. The van der Waals surface area contributed by atoms with Crippen LogP contribution in [-0.4, -0.2) is 48.6 Å². The average Bonchev–Trinajstić information content (AvgIpc) is 2.90. The van der Waals surface area contributed by atoms with Crippen LogP contribution in [0.1, 0.15) is 32.1 Å². The molecule has 15 heavy (non-hydrogen) atoms. The van der Waals surface area contributed by atoms with Gasteiger partial charge in [-0.15, -0.1) is 0 Å². The summed E-state index contributed by atoms with van der Waals surface area (Å²) in [4.78, 5) is 2.54. The number of thioether (sulfide) groups is 1. The first-order chi connectivity index (χ1) is 7.36. The van der Waals surface area contributed by atoms with Crippen LogP contribution in [0.4, 0.5) is 0 Å². The molecule has 1 saturated carbocycles. The van der Waals surface area contributed by atoms with Gasteiger partial charge in [-0.25, -0.2) is 0 Å². The van der Waals surface area contributed by atoms with Crippen molar-refractivity contribution in [1.82, 2.24) is 10.2 Å². The maximum absolute atomic E-state index is 3.69. The third kappa shape index (κ3) is 3.65. The second kappa shape index (κ2) is 6.12. The van der Waals surface area contributed by atoms with Gasteiger partial charge in [0.15, 0.2) is 0 Å². The summed E-state index contributed by atoms with van der Waals surface area (Å²) < 4.78 is 0. The van der Waals surface area contributed by atoms with E-state index in [0.717, 1.165) is 12.1 Å². The molecule has 1 aliphatic carbocycles. The minimum Gasteiger partial charge on any atom is -0.313 e. The summed E-state index contributed by atoms with van der Waals surface area (Å²) in [7, 11) is 2.28. The lowest BCUT2D eigenvalue weighted by molar-refractivity contribution is 0.258. The Kier molecular flexibility index (Phi) is 4.79. The van der Waals surface area contributed by atoms with E-state index in [9.17, 15) is 0 Å². The van der Waals surface area contributed by atoms with E-state index >= 15 is 0 Å². The van der Waals surface area contributed by atoms with Gasteiger partial charge in [0.25, 0.3) is 0 Å². The maximum Gasteiger partial charge on any atom is 0.0191 e. The molecule has 2 aliphatic rings. The molecular weight excluding hydrogens is 204 g/mol. The number of likely N-dealkylation sites (N-methyl/N-ethyl adjacent to an activating group) is 1. The Morgan fingerprint density at radius 1 is 1.27 bits per heavy atom. The maximum atomic E-state index is 3.69. The van der Waals surface area contributed by atoms with E-state index in [0.29, 0.717) is 0 Å². The Morgan fingerprint density at radius 3 is 2.73 bits per heavy atom. The average molecular weight is 228 g/mol. The zero-order valence-electron chi connectivity index (χ0n) is 9.87. The van der Waals surface area contributed by atoms with Crippen LogP contribution >= 0.6 is 11.8 Å². The van der Waals surface area contributed by atoms with Crippen molar-refractivity contribution in [2.24, 2.45) is 0 Å².